The van der Waals surface area contributed by atoms with E-state index < -0.39 is 5.97 Å². The maximum atomic E-state index is 11.9. The SMILES string of the molecule is COC(=O)/C(=C\c1ccc(Br)c(O)c1O)c1cc(C)no1. The first-order valence-electron chi connectivity index (χ1n) is 5.88. The van der Waals surface area contributed by atoms with Crippen LogP contribution in [-0.2, 0) is 9.53 Å². The molecule has 1 aromatic carbocycles. The first kappa shape index (κ1) is 15.1. The van der Waals surface area contributed by atoms with E-state index in [1.165, 1.54) is 19.3 Å². The predicted molar refractivity (Wildman–Crippen MR) is 78.6 cm³/mol. The third-order valence-electron chi connectivity index (χ3n) is 2.73. The lowest BCUT2D eigenvalue weighted by molar-refractivity contribution is -0.133. The fourth-order valence-electron chi connectivity index (χ4n) is 1.67. The number of hydrogen-bond acceptors (Lipinski definition) is 6. The zero-order chi connectivity index (χ0) is 15.6. The van der Waals surface area contributed by atoms with Crippen LogP contribution in [0.3, 0.4) is 0 Å². The molecule has 1 aromatic heterocycles. The monoisotopic (exact) mass is 353 g/mol. The van der Waals surface area contributed by atoms with Crippen LogP contribution in [0.2, 0.25) is 0 Å². The molecule has 0 radical (unpaired) electrons. The largest absolute Gasteiger partial charge is 0.504 e. The van der Waals surface area contributed by atoms with Gasteiger partial charge in [0.05, 0.1) is 17.3 Å². The molecule has 7 heteroatoms. The lowest BCUT2D eigenvalue weighted by atomic mass is 10.1. The first-order valence-corrected chi connectivity index (χ1v) is 6.67. The van der Waals surface area contributed by atoms with Crippen LogP contribution in [0.25, 0.3) is 11.6 Å². The van der Waals surface area contributed by atoms with Gasteiger partial charge >= 0.3 is 5.97 Å². The van der Waals surface area contributed by atoms with Crippen molar-refractivity contribution in [3.8, 4) is 11.5 Å². The summed E-state index contributed by atoms with van der Waals surface area (Å²) in [6.45, 7) is 1.71. The maximum Gasteiger partial charge on any atom is 0.341 e. The van der Waals surface area contributed by atoms with Gasteiger partial charge in [0.25, 0.3) is 0 Å². The second-order valence-electron chi connectivity index (χ2n) is 4.22. The van der Waals surface area contributed by atoms with E-state index in [0.29, 0.717) is 10.2 Å². The topological polar surface area (TPSA) is 92.8 Å². The number of rotatable bonds is 3. The zero-order valence-electron chi connectivity index (χ0n) is 11.3. The Balaban J connectivity index is 2.56. The van der Waals surface area contributed by atoms with Crippen LogP contribution in [0.15, 0.2) is 27.2 Å². The molecule has 2 N–H and O–H groups in total. The van der Waals surface area contributed by atoms with E-state index in [0.717, 1.165) is 0 Å². The van der Waals surface area contributed by atoms with Gasteiger partial charge in [0.2, 0.25) is 0 Å². The molecule has 1 heterocycles. The summed E-state index contributed by atoms with van der Waals surface area (Å²) >= 11 is 3.09. The van der Waals surface area contributed by atoms with E-state index in [2.05, 4.69) is 21.1 Å². The summed E-state index contributed by atoms with van der Waals surface area (Å²) < 4.78 is 10.1. The quantitative estimate of drug-likeness (QED) is 0.500. The van der Waals surface area contributed by atoms with Crippen LogP contribution in [0.5, 0.6) is 11.5 Å². The van der Waals surface area contributed by atoms with E-state index in [4.69, 9.17) is 9.26 Å². The minimum atomic E-state index is -0.645. The van der Waals surface area contributed by atoms with Crippen molar-refractivity contribution in [2.24, 2.45) is 0 Å². The van der Waals surface area contributed by atoms with Gasteiger partial charge < -0.3 is 19.5 Å². The number of esters is 1. The average Bonchev–Trinajstić information content (AvgIpc) is 2.89. The Labute approximate surface area is 128 Å². The third kappa shape index (κ3) is 3.08. The molecule has 21 heavy (non-hydrogen) atoms. The first-order chi connectivity index (χ1) is 9.93. The summed E-state index contributed by atoms with van der Waals surface area (Å²) in [4.78, 5) is 11.9. The maximum absolute atomic E-state index is 11.9. The molecule has 6 nitrogen and oxygen atoms in total. The average molecular weight is 354 g/mol. The van der Waals surface area contributed by atoms with Gasteiger partial charge in [0, 0.05) is 11.6 Å². The molecule has 0 unspecified atom stereocenters. The number of ether oxygens (including phenoxy) is 1. The van der Waals surface area contributed by atoms with Gasteiger partial charge in [0.15, 0.2) is 17.3 Å². The van der Waals surface area contributed by atoms with E-state index in [9.17, 15) is 15.0 Å². The van der Waals surface area contributed by atoms with Crippen molar-refractivity contribution in [3.05, 3.63) is 39.7 Å². The molecule has 2 aromatic rings. The molecule has 0 saturated heterocycles. The number of carbonyl (C=O) groups excluding carboxylic acids is 1. The second kappa shape index (κ2) is 6.01. The summed E-state index contributed by atoms with van der Waals surface area (Å²) in [5, 5.41) is 23.3. The van der Waals surface area contributed by atoms with Crippen LogP contribution < -0.4 is 0 Å². The van der Waals surface area contributed by atoms with Crippen molar-refractivity contribution < 1.29 is 24.3 Å². The van der Waals surface area contributed by atoms with Crippen molar-refractivity contribution in [2.45, 2.75) is 6.92 Å². The second-order valence-corrected chi connectivity index (χ2v) is 5.07. The van der Waals surface area contributed by atoms with E-state index in [-0.39, 0.29) is 28.4 Å². The molecular weight excluding hydrogens is 342 g/mol. The highest BCUT2D eigenvalue weighted by Crippen LogP contribution is 2.37. The summed E-state index contributed by atoms with van der Waals surface area (Å²) in [6, 6.07) is 4.64. The van der Waals surface area contributed by atoms with Gasteiger partial charge in [-0.3, -0.25) is 0 Å². The van der Waals surface area contributed by atoms with Crippen molar-refractivity contribution in [1.82, 2.24) is 5.16 Å². The minimum absolute atomic E-state index is 0.0788. The normalized spacial score (nSPS) is 11.5. The van der Waals surface area contributed by atoms with E-state index in [1.54, 1.807) is 19.1 Å². The number of methoxy groups -OCH3 is 1. The number of carbonyl (C=O) groups is 1. The smallest absolute Gasteiger partial charge is 0.341 e. The number of aryl methyl sites for hydroxylation is 1. The Morgan fingerprint density at radius 2 is 2.10 bits per heavy atom. The van der Waals surface area contributed by atoms with Crippen LogP contribution in [-0.4, -0.2) is 28.4 Å². The lowest BCUT2D eigenvalue weighted by Gasteiger charge is -2.06. The number of aromatic nitrogens is 1. The summed E-state index contributed by atoms with van der Waals surface area (Å²) in [5.41, 5.74) is 0.919. The minimum Gasteiger partial charge on any atom is -0.504 e. The van der Waals surface area contributed by atoms with Gasteiger partial charge in [-0.25, -0.2) is 4.79 Å². The molecule has 0 spiro atoms. The van der Waals surface area contributed by atoms with Crippen molar-refractivity contribution in [1.29, 1.82) is 0 Å². The molecule has 0 saturated carbocycles. The Hall–Kier alpha value is -2.28. The molecule has 0 amide bonds. The summed E-state index contributed by atoms with van der Waals surface area (Å²) in [7, 11) is 1.23. The molecule has 0 atom stereocenters. The van der Waals surface area contributed by atoms with Gasteiger partial charge in [-0.05, 0) is 41.1 Å². The van der Waals surface area contributed by atoms with Crippen molar-refractivity contribution >= 4 is 33.5 Å². The predicted octanol–water partition coefficient (Wildman–Crippen LogP) is 2.87. The van der Waals surface area contributed by atoms with Gasteiger partial charge in [0.1, 0.15) is 5.57 Å². The number of phenols is 2. The molecule has 0 bridgehead atoms. The van der Waals surface area contributed by atoms with Crippen LogP contribution >= 0.6 is 15.9 Å². The van der Waals surface area contributed by atoms with Crippen molar-refractivity contribution in [3.63, 3.8) is 0 Å². The molecular formula is C14H12BrNO5. The number of benzene rings is 1. The Bertz CT molecular complexity index is 720. The zero-order valence-corrected chi connectivity index (χ0v) is 12.8. The van der Waals surface area contributed by atoms with Crippen LogP contribution in [0, 0.1) is 6.92 Å². The highest BCUT2D eigenvalue weighted by Gasteiger charge is 2.19. The van der Waals surface area contributed by atoms with Gasteiger partial charge in [-0.1, -0.05) is 5.16 Å². The molecule has 110 valence electrons. The molecule has 0 fully saturated rings. The van der Waals surface area contributed by atoms with Gasteiger partial charge in [-0.2, -0.15) is 0 Å². The molecule has 0 aliphatic carbocycles. The van der Waals surface area contributed by atoms with Gasteiger partial charge in [-0.15, -0.1) is 0 Å². The molecule has 0 aliphatic heterocycles. The summed E-state index contributed by atoms with van der Waals surface area (Å²) in [6.07, 6.45) is 1.35. The fraction of sp³-hybridized carbons (Fsp3) is 0.143. The number of halogens is 1. The third-order valence-corrected chi connectivity index (χ3v) is 3.37. The van der Waals surface area contributed by atoms with Crippen LogP contribution in [0.1, 0.15) is 17.0 Å². The Kier molecular flexibility index (Phi) is 4.32. The number of hydrogen-bond donors (Lipinski definition) is 2. The Morgan fingerprint density at radius 3 is 2.67 bits per heavy atom. The van der Waals surface area contributed by atoms with E-state index in [1.807, 2.05) is 0 Å². The standard InChI is InChI=1S/C14H12BrNO5/c1-7-5-11(21-16-7)9(14(19)20-2)6-8-3-4-10(15)13(18)12(8)17/h3-6,17-18H,1-2H3/b9-6-. The highest BCUT2D eigenvalue weighted by molar-refractivity contribution is 9.10. The number of nitrogens with zero attached hydrogens (tertiary/aromatic N) is 1. The molecule has 2 rings (SSSR count). The fourth-order valence-corrected chi connectivity index (χ4v) is 1.99. The Morgan fingerprint density at radius 1 is 1.38 bits per heavy atom. The summed E-state index contributed by atoms with van der Waals surface area (Å²) in [5.74, 6) is -1.11. The lowest BCUT2D eigenvalue weighted by Crippen LogP contribution is -2.03. The van der Waals surface area contributed by atoms with Crippen LogP contribution in [0.4, 0.5) is 0 Å². The van der Waals surface area contributed by atoms with E-state index >= 15 is 0 Å². The van der Waals surface area contributed by atoms with Crippen molar-refractivity contribution in [2.75, 3.05) is 7.11 Å². The highest BCUT2D eigenvalue weighted by atomic mass is 79.9. The number of phenolic OH excluding ortho intramolecular Hbond substituents is 2. The number of aromatic hydroxyl groups is 2. The molecule has 0 aliphatic rings.